The number of hydrogen-bond acceptors (Lipinski definition) is 4. The number of nitrogens with zero attached hydrogens (tertiary/aromatic N) is 4. The van der Waals surface area contributed by atoms with Crippen LogP contribution in [0.3, 0.4) is 0 Å². The van der Waals surface area contributed by atoms with E-state index in [1.807, 2.05) is 0 Å². The summed E-state index contributed by atoms with van der Waals surface area (Å²) in [5.74, 6) is 0.0889. The molecule has 1 aromatic heterocycles. The zero-order valence-corrected chi connectivity index (χ0v) is 10.8. The van der Waals surface area contributed by atoms with Crippen molar-refractivity contribution in [3.05, 3.63) is 34.1 Å². The zero-order valence-electron chi connectivity index (χ0n) is 9.25. The molecule has 0 atom stereocenters. The molecular weight excluding hydrogens is 300 g/mol. The highest BCUT2D eigenvalue weighted by atomic mass is 79.9. The van der Waals surface area contributed by atoms with Gasteiger partial charge in [-0.15, -0.1) is 5.10 Å². The van der Waals surface area contributed by atoms with Gasteiger partial charge in [-0.3, -0.25) is 0 Å². The molecule has 92 valence electrons. The molecule has 1 aromatic carbocycles. The lowest BCUT2D eigenvalue weighted by Crippen LogP contribution is -2.09. The average molecular weight is 309 g/mol. The lowest BCUT2D eigenvalue weighted by molar-refractivity contribution is 0.0696. The van der Waals surface area contributed by atoms with Crippen LogP contribution in [0.15, 0.2) is 22.7 Å². The van der Waals surface area contributed by atoms with E-state index in [9.17, 15) is 9.90 Å². The zero-order chi connectivity index (χ0) is 12.7. The van der Waals surface area contributed by atoms with Gasteiger partial charge in [-0.05, 0) is 41.5 Å². The molecule has 1 saturated carbocycles. The first kappa shape index (κ1) is 11.3. The Morgan fingerprint density at radius 1 is 1.44 bits per heavy atom. The number of tetrazole rings is 1. The minimum atomic E-state index is -0.991. The number of aromatic nitrogens is 4. The molecule has 7 heteroatoms. The van der Waals surface area contributed by atoms with Crippen molar-refractivity contribution in [1.82, 2.24) is 20.2 Å². The van der Waals surface area contributed by atoms with Crippen LogP contribution in [-0.4, -0.2) is 31.3 Å². The Morgan fingerprint density at radius 2 is 2.22 bits per heavy atom. The topological polar surface area (TPSA) is 80.9 Å². The highest BCUT2D eigenvalue weighted by Crippen LogP contribution is 2.39. The summed E-state index contributed by atoms with van der Waals surface area (Å²) in [6.07, 6.45) is 2.10. The standard InChI is InChI=1S/C11H9BrN4O2/c12-7-3-4-8(11(17)18)9(5-7)16-10(6-1-2-6)13-14-15-16/h3-6H,1-2H2,(H,17,18). The molecule has 0 spiro atoms. The van der Waals surface area contributed by atoms with Gasteiger partial charge < -0.3 is 5.11 Å². The lowest BCUT2D eigenvalue weighted by Gasteiger charge is -2.07. The maximum Gasteiger partial charge on any atom is 0.337 e. The Bertz CT molecular complexity index is 621. The monoisotopic (exact) mass is 308 g/mol. The largest absolute Gasteiger partial charge is 0.478 e. The molecule has 0 amide bonds. The van der Waals surface area contributed by atoms with Gasteiger partial charge in [0.05, 0.1) is 11.3 Å². The first-order valence-electron chi connectivity index (χ1n) is 5.48. The maximum atomic E-state index is 11.2. The normalized spacial score (nSPS) is 14.7. The molecule has 0 aliphatic heterocycles. The fraction of sp³-hybridized carbons (Fsp3) is 0.273. The summed E-state index contributed by atoms with van der Waals surface area (Å²) in [4.78, 5) is 11.2. The number of hydrogen-bond donors (Lipinski definition) is 1. The maximum absolute atomic E-state index is 11.2. The fourth-order valence-electron chi connectivity index (χ4n) is 1.82. The predicted octanol–water partition coefficient (Wildman–Crippen LogP) is 2.00. The molecule has 6 nitrogen and oxygen atoms in total. The molecule has 1 fully saturated rings. The lowest BCUT2D eigenvalue weighted by atomic mass is 10.2. The quantitative estimate of drug-likeness (QED) is 0.938. The first-order valence-corrected chi connectivity index (χ1v) is 6.27. The molecule has 0 saturated heterocycles. The van der Waals surface area contributed by atoms with E-state index in [2.05, 4.69) is 31.5 Å². The number of benzene rings is 1. The summed E-state index contributed by atoms with van der Waals surface area (Å²) >= 11 is 3.33. The van der Waals surface area contributed by atoms with Gasteiger partial charge in [-0.1, -0.05) is 15.9 Å². The third-order valence-corrected chi connectivity index (χ3v) is 3.35. The van der Waals surface area contributed by atoms with Crippen molar-refractivity contribution in [2.45, 2.75) is 18.8 Å². The Morgan fingerprint density at radius 3 is 2.89 bits per heavy atom. The number of carboxylic acid groups (broad SMARTS) is 1. The van der Waals surface area contributed by atoms with Crippen LogP contribution in [0, 0.1) is 0 Å². The number of halogens is 1. The van der Waals surface area contributed by atoms with Crippen LogP contribution in [0.25, 0.3) is 5.69 Å². The van der Waals surface area contributed by atoms with Gasteiger partial charge in [0.1, 0.15) is 0 Å². The second kappa shape index (κ2) is 4.16. The number of rotatable bonds is 3. The van der Waals surface area contributed by atoms with Gasteiger partial charge in [0.25, 0.3) is 0 Å². The van der Waals surface area contributed by atoms with Gasteiger partial charge in [-0.2, -0.15) is 4.68 Å². The van der Waals surface area contributed by atoms with Gasteiger partial charge in [0.15, 0.2) is 5.82 Å². The van der Waals surface area contributed by atoms with E-state index in [1.54, 1.807) is 18.2 Å². The van der Waals surface area contributed by atoms with Crippen LogP contribution >= 0.6 is 15.9 Å². The minimum Gasteiger partial charge on any atom is -0.478 e. The Labute approximate surface area is 111 Å². The second-order valence-electron chi connectivity index (χ2n) is 4.19. The molecule has 0 bridgehead atoms. The van der Waals surface area contributed by atoms with Crippen LogP contribution in [0.1, 0.15) is 34.9 Å². The van der Waals surface area contributed by atoms with Crippen molar-refractivity contribution in [2.24, 2.45) is 0 Å². The van der Waals surface area contributed by atoms with Gasteiger partial charge in [-0.25, -0.2) is 4.79 Å². The van der Waals surface area contributed by atoms with Crippen LogP contribution in [0.2, 0.25) is 0 Å². The van der Waals surface area contributed by atoms with Gasteiger partial charge in [0, 0.05) is 10.4 Å². The Hall–Kier alpha value is -1.76. The second-order valence-corrected chi connectivity index (χ2v) is 5.11. The molecule has 3 rings (SSSR count). The molecule has 1 aliphatic carbocycles. The van der Waals surface area contributed by atoms with Crippen molar-refractivity contribution < 1.29 is 9.90 Å². The van der Waals surface area contributed by atoms with E-state index in [1.165, 1.54) is 4.68 Å². The fourth-order valence-corrected chi connectivity index (χ4v) is 2.17. The van der Waals surface area contributed by atoms with E-state index in [0.29, 0.717) is 11.6 Å². The summed E-state index contributed by atoms with van der Waals surface area (Å²) in [6, 6.07) is 4.94. The number of carboxylic acids is 1. The summed E-state index contributed by atoms with van der Waals surface area (Å²) < 4.78 is 2.31. The third-order valence-electron chi connectivity index (χ3n) is 2.85. The third kappa shape index (κ3) is 1.90. The molecule has 1 aliphatic rings. The van der Waals surface area contributed by atoms with Crippen LogP contribution in [0.4, 0.5) is 0 Å². The van der Waals surface area contributed by atoms with Crippen molar-refractivity contribution in [2.75, 3.05) is 0 Å². The predicted molar refractivity (Wildman–Crippen MR) is 65.8 cm³/mol. The van der Waals surface area contributed by atoms with Crippen LogP contribution in [0.5, 0.6) is 0 Å². The molecule has 2 aromatic rings. The summed E-state index contributed by atoms with van der Waals surface area (Å²) in [5.41, 5.74) is 0.677. The summed E-state index contributed by atoms with van der Waals surface area (Å²) in [5, 5.41) is 20.7. The summed E-state index contributed by atoms with van der Waals surface area (Å²) in [6.45, 7) is 0. The molecule has 18 heavy (non-hydrogen) atoms. The Kier molecular flexibility index (Phi) is 2.62. The van der Waals surface area contributed by atoms with Crippen molar-refractivity contribution >= 4 is 21.9 Å². The highest BCUT2D eigenvalue weighted by molar-refractivity contribution is 9.10. The van der Waals surface area contributed by atoms with Crippen LogP contribution < -0.4 is 0 Å². The van der Waals surface area contributed by atoms with E-state index >= 15 is 0 Å². The Balaban J connectivity index is 2.17. The highest BCUT2D eigenvalue weighted by Gasteiger charge is 2.31. The van der Waals surface area contributed by atoms with E-state index in [4.69, 9.17) is 0 Å². The van der Waals surface area contributed by atoms with Gasteiger partial charge >= 0.3 is 5.97 Å². The summed E-state index contributed by atoms with van der Waals surface area (Å²) in [7, 11) is 0. The van der Waals surface area contributed by atoms with Crippen molar-refractivity contribution in [1.29, 1.82) is 0 Å². The molecule has 0 unspecified atom stereocenters. The SMILES string of the molecule is O=C(O)c1ccc(Br)cc1-n1nnnc1C1CC1. The minimum absolute atomic E-state index is 0.187. The molecule has 0 radical (unpaired) electrons. The van der Waals surface area contributed by atoms with Crippen molar-refractivity contribution in [3.63, 3.8) is 0 Å². The number of carbonyl (C=O) groups is 1. The van der Waals surface area contributed by atoms with E-state index in [-0.39, 0.29) is 5.56 Å². The number of aromatic carboxylic acids is 1. The van der Waals surface area contributed by atoms with Gasteiger partial charge in [0.2, 0.25) is 0 Å². The first-order chi connectivity index (χ1) is 8.66. The van der Waals surface area contributed by atoms with Crippen molar-refractivity contribution in [3.8, 4) is 5.69 Å². The molecule has 1 N–H and O–H groups in total. The smallest absolute Gasteiger partial charge is 0.337 e. The van der Waals surface area contributed by atoms with Crippen LogP contribution in [-0.2, 0) is 0 Å². The molecule has 1 heterocycles. The molecular formula is C11H9BrN4O2. The average Bonchev–Trinajstić information content (AvgIpc) is 3.06. The van der Waals surface area contributed by atoms with E-state index in [0.717, 1.165) is 23.1 Å². The van der Waals surface area contributed by atoms with E-state index < -0.39 is 5.97 Å².